The van der Waals surface area contributed by atoms with Gasteiger partial charge in [-0.3, -0.25) is 0 Å². The zero-order chi connectivity index (χ0) is 19.3. The Morgan fingerprint density at radius 2 is 1.64 bits per heavy atom. The first-order chi connectivity index (χ1) is 13.7. The molecule has 0 fully saturated rings. The van der Waals surface area contributed by atoms with Gasteiger partial charge in [0.05, 0.1) is 39.4 Å². The molecule has 0 bridgehead atoms. The molecule has 28 heavy (non-hydrogen) atoms. The zero-order valence-electron chi connectivity index (χ0n) is 15.1. The minimum atomic E-state index is 0.693. The fourth-order valence-corrected chi connectivity index (χ4v) is 6.52. The van der Waals surface area contributed by atoms with Crippen molar-refractivity contribution in [2.24, 2.45) is 0 Å². The Morgan fingerprint density at radius 3 is 2.39 bits per heavy atom. The smallest absolute Gasteiger partial charge is 0.190 e. The van der Waals surface area contributed by atoms with E-state index in [9.17, 15) is 0 Å². The van der Waals surface area contributed by atoms with Crippen molar-refractivity contribution in [1.82, 2.24) is 15.0 Å². The van der Waals surface area contributed by atoms with E-state index in [1.165, 1.54) is 4.70 Å². The third-order valence-electron chi connectivity index (χ3n) is 4.17. The molecule has 0 aliphatic rings. The number of hydrogen-bond donors (Lipinski definition) is 1. The summed E-state index contributed by atoms with van der Waals surface area (Å²) in [6.45, 7) is 0. The second kappa shape index (κ2) is 7.03. The van der Waals surface area contributed by atoms with Gasteiger partial charge in [0.1, 0.15) is 17.0 Å². The lowest BCUT2D eigenvalue weighted by molar-refractivity contribution is 0.397. The van der Waals surface area contributed by atoms with Gasteiger partial charge in [-0.15, -0.1) is 11.3 Å². The monoisotopic (exact) mass is 446 g/mol. The number of fused-ring (bicyclic) bond motifs is 4. The van der Waals surface area contributed by atoms with Crippen molar-refractivity contribution in [3.8, 4) is 11.5 Å². The van der Waals surface area contributed by atoms with Gasteiger partial charge in [0, 0.05) is 6.07 Å². The molecule has 5 rings (SSSR count). The summed E-state index contributed by atoms with van der Waals surface area (Å²) in [5.74, 6) is 1.44. The number of anilines is 2. The van der Waals surface area contributed by atoms with Crippen molar-refractivity contribution in [2.75, 3.05) is 25.8 Å². The molecule has 0 radical (unpaired) electrons. The molecule has 0 saturated heterocycles. The minimum Gasteiger partial charge on any atom is -0.497 e. The predicted molar refractivity (Wildman–Crippen MR) is 121 cm³/mol. The van der Waals surface area contributed by atoms with E-state index >= 15 is 0 Å². The van der Waals surface area contributed by atoms with Gasteiger partial charge in [-0.25, -0.2) is 15.0 Å². The maximum atomic E-state index is 5.46. The molecule has 0 saturated carbocycles. The van der Waals surface area contributed by atoms with Crippen molar-refractivity contribution in [1.29, 1.82) is 0 Å². The number of ether oxygens (including phenoxy) is 2. The van der Waals surface area contributed by atoms with E-state index in [2.05, 4.69) is 15.3 Å². The number of aromatic nitrogens is 3. The van der Waals surface area contributed by atoms with E-state index in [1.54, 1.807) is 60.0 Å². The summed E-state index contributed by atoms with van der Waals surface area (Å²) in [4.78, 5) is 14.1. The lowest BCUT2D eigenvalue weighted by Gasteiger charge is -2.03. The summed E-state index contributed by atoms with van der Waals surface area (Å²) in [5, 5.41) is 4.94. The van der Waals surface area contributed by atoms with Crippen LogP contribution in [0.1, 0.15) is 0 Å². The first-order valence-corrected chi connectivity index (χ1v) is 11.9. The number of thioether (sulfide) groups is 1. The van der Waals surface area contributed by atoms with Crippen LogP contribution in [0.25, 0.3) is 30.6 Å². The number of benzene rings is 2. The van der Waals surface area contributed by atoms with Crippen LogP contribution >= 0.6 is 45.8 Å². The van der Waals surface area contributed by atoms with Gasteiger partial charge in [0.2, 0.25) is 0 Å². The third kappa shape index (κ3) is 2.96. The van der Waals surface area contributed by atoms with Crippen LogP contribution in [0.5, 0.6) is 11.5 Å². The Bertz CT molecular complexity index is 1320. The Hall–Kier alpha value is -2.14. The van der Waals surface area contributed by atoms with Crippen LogP contribution in [0, 0.1) is 0 Å². The van der Waals surface area contributed by atoms with Gasteiger partial charge in [-0.2, -0.15) is 0 Å². The highest BCUT2D eigenvalue weighted by Gasteiger charge is 2.15. The summed E-state index contributed by atoms with van der Waals surface area (Å²) in [7, 11) is 3.28. The predicted octanol–water partition coefficient (Wildman–Crippen LogP) is 6.00. The maximum Gasteiger partial charge on any atom is 0.190 e. The van der Waals surface area contributed by atoms with E-state index in [4.69, 9.17) is 14.5 Å². The second-order valence-corrected chi connectivity index (χ2v) is 9.87. The molecule has 0 atom stereocenters. The molecular formula is C18H14N4O2S4. The van der Waals surface area contributed by atoms with Gasteiger partial charge in [-0.1, -0.05) is 34.4 Å². The first kappa shape index (κ1) is 17.9. The first-order valence-electron chi connectivity index (χ1n) is 8.22. The van der Waals surface area contributed by atoms with Crippen LogP contribution in [0.4, 0.5) is 10.3 Å². The molecule has 3 aromatic heterocycles. The maximum absolute atomic E-state index is 5.46. The van der Waals surface area contributed by atoms with Gasteiger partial charge >= 0.3 is 0 Å². The summed E-state index contributed by atoms with van der Waals surface area (Å²) >= 11 is 6.54. The van der Waals surface area contributed by atoms with Gasteiger partial charge in [0.25, 0.3) is 0 Å². The average Bonchev–Trinajstić information content (AvgIpc) is 3.41. The highest BCUT2D eigenvalue weighted by Crippen LogP contribution is 2.41. The fraction of sp³-hybridized carbons (Fsp3) is 0.167. The molecule has 0 aliphatic heterocycles. The molecule has 0 unspecified atom stereocenters. The van der Waals surface area contributed by atoms with Crippen molar-refractivity contribution in [3.05, 3.63) is 24.3 Å². The Morgan fingerprint density at radius 1 is 0.893 bits per heavy atom. The average molecular weight is 447 g/mol. The SMILES string of the molecule is COc1cc(OC)c2nc(Nc3nc4ccc5nc(SC)sc5c4s3)sc2c1. The fourth-order valence-electron chi connectivity index (χ4n) is 2.89. The van der Waals surface area contributed by atoms with E-state index in [0.717, 1.165) is 46.3 Å². The molecule has 2 aromatic carbocycles. The molecule has 142 valence electrons. The molecule has 0 spiro atoms. The minimum absolute atomic E-state index is 0.693. The van der Waals surface area contributed by atoms with E-state index in [1.807, 2.05) is 30.5 Å². The molecule has 1 N–H and O–H groups in total. The third-order valence-corrected chi connectivity index (χ3v) is 8.29. The number of nitrogens with one attached hydrogen (secondary N) is 1. The van der Waals surface area contributed by atoms with Gasteiger partial charge in [0.15, 0.2) is 14.6 Å². The van der Waals surface area contributed by atoms with Crippen molar-refractivity contribution in [2.45, 2.75) is 4.34 Å². The number of methoxy groups -OCH3 is 2. The summed E-state index contributed by atoms with van der Waals surface area (Å²) in [6.07, 6.45) is 2.05. The number of rotatable bonds is 5. The molecular weight excluding hydrogens is 432 g/mol. The quantitative estimate of drug-likeness (QED) is 0.332. The van der Waals surface area contributed by atoms with Gasteiger partial charge in [-0.05, 0) is 24.5 Å². The highest BCUT2D eigenvalue weighted by atomic mass is 32.2. The van der Waals surface area contributed by atoms with Gasteiger partial charge < -0.3 is 14.8 Å². The number of hydrogen-bond acceptors (Lipinski definition) is 10. The highest BCUT2D eigenvalue weighted by molar-refractivity contribution is 8.00. The summed E-state index contributed by atoms with van der Waals surface area (Å²) in [6, 6.07) is 7.86. The van der Waals surface area contributed by atoms with Crippen molar-refractivity contribution < 1.29 is 9.47 Å². The van der Waals surface area contributed by atoms with Crippen LogP contribution in [0.2, 0.25) is 0 Å². The zero-order valence-corrected chi connectivity index (χ0v) is 18.4. The second-order valence-electron chi connectivity index (χ2n) is 5.79. The van der Waals surface area contributed by atoms with Crippen molar-refractivity contribution in [3.63, 3.8) is 0 Å². The van der Waals surface area contributed by atoms with Crippen LogP contribution in [-0.2, 0) is 0 Å². The van der Waals surface area contributed by atoms with Crippen LogP contribution in [-0.4, -0.2) is 35.4 Å². The topological polar surface area (TPSA) is 69.2 Å². The van der Waals surface area contributed by atoms with E-state index in [0.29, 0.717) is 5.75 Å². The lowest BCUT2D eigenvalue weighted by Crippen LogP contribution is -1.89. The number of nitrogens with zero attached hydrogens (tertiary/aromatic N) is 3. The summed E-state index contributed by atoms with van der Waals surface area (Å²) in [5.41, 5.74) is 2.80. The van der Waals surface area contributed by atoms with Crippen LogP contribution in [0.15, 0.2) is 28.6 Å². The van der Waals surface area contributed by atoms with Crippen molar-refractivity contribution >= 4 is 86.7 Å². The Kier molecular flexibility index (Phi) is 4.50. The Labute approximate surface area is 176 Å². The molecule has 10 heteroatoms. The lowest BCUT2D eigenvalue weighted by atomic mass is 10.3. The molecule has 0 aliphatic carbocycles. The molecule has 6 nitrogen and oxygen atoms in total. The molecule has 5 aromatic rings. The largest absolute Gasteiger partial charge is 0.497 e. The Balaban J connectivity index is 1.56. The standard InChI is InChI=1S/C18H14N4O2S4/c1-23-8-6-11(24-2)13-12(7-8)26-17(21-13)22-16-19-9-4-5-10-15(14(9)27-16)28-18(20-10)25-3/h4-7H,1-3H3,(H,19,21,22). The van der Waals surface area contributed by atoms with Crippen LogP contribution in [0.3, 0.4) is 0 Å². The molecule has 0 amide bonds. The van der Waals surface area contributed by atoms with Crippen LogP contribution < -0.4 is 14.8 Å². The van der Waals surface area contributed by atoms with E-state index < -0.39 is 0 Å². The summed E-state index contributed by atoms with van der Waals surface area (Å²) < 4.78 is 15.2. The van der Waals surface area contributed by atoms with E-state index in [-0.39, 0.29) is 0 Å². The normalized spacial score (nSPS) is 11.5. The number of thiazole rings is 3. The molecule has 3 heterocycles.